The van der Waals surface area contributed by atoms with Gasteiger partial charge in [-0.2, -0.15) is 0 Å². The molecule has 1 N–H and O–H groups in total. The Balaban J connectivity index is 1.60. The standard InChI is InChI=1S/C19H25N3O2/c1-14(23)22-12-10-19(15-5-3-2-4-6-15)9-11-21(13-17(19)22)18(24)20-16-7-8-16/h2-6,16-17H,7-13H2,1H3,(H,20,24)/t17-,19-/m0/s1. The maximum absolute atomic E-state index is 12.5. The minimum absolute atomic E-state index is 0.0106. The van der Waals surface area contributed by atoms with Gasteiger partial charge in [-0.3, -0.25) is 4.79 Å². The molecule has 0 unspecified atom stereocenters. The molecule has 24 heavy (non-hydrogen) atoms. The van der Waals surface area contributed by atoms with E-state index in [1.165, 1.54) is 5.56 Å². The van der Waals surface area contributed by atoms with Crippen LogP contribution in [0.5, 0.6) is 0 Å². The van der Waals surface area contributed by atoms with Crippen LogP contribution in [0.4, 0.5) is 4.79 Å². The lowest BCUT2D eigenvalue weighted by Crippen LogP contribution is -2.59. The van der Waals surface area contributed by atoms with Crippen LogP contribution in [0.25, 0.3) is 0 Å². The SMILES string of the molecule is CC(=O)N1CC[C@]2(c3ccccc3)CCN(C(=O)NC3CC3)C[C@H]12. The fourth-order valence-electron chi connectivity index (χ4n) is 4.45. The van der Waals surface area contributed by atoms with Gasteiger partial charge in [-0.15, -0.1) is 0 Å². The Kier molecular flexibility index (Phi) is 3.74. The topological polar surface area (TPSA) is 52.7 Å². The number of hydrogen-bond donors (Lipinski definition) is 1. The van der Waals surface area contributed by atoms with Gasteiger partial charge in [-0.25, -0.2) is 4.79 Å². The van der Waals surface area contributed by atoms with E-state index in [0.717, 1.165) is 38.8 Å². The van der Waals surface area contributed by atoms with Gasteiger partial charge in [0.25, 0.3) is 0 Å². The zero-order valence-electron chi connectivity index (χ0n) is 14.2. The first-order valence-electron chi connectivity index (χ1n) is 8.98. The molecule has 2 atom stereocenters. The first kappa shape index (κ1) is 15.5. The summed E-state index contributed by atoms with van der Waals surface area (Å²) in [5, 5.41) is 3.08. The molecule has 5 heteroatoms. The van der Waals surface area contributed by atoms with Crippen LogP contribution < -0.4 is 5.32 Å². The largest absolute Gasteiger partial charge is 0.337 e. The Bertz CT molecular complexity index is 643. The highest BCUT2D eigenvalue weighted by atomic mass is 16.2. The number of rotatable bonds is 2. The molecular weight excluding hydrogens is 302 g/mol. The molecule has 0 bridgehead atoms. The van der Waals surface area contributed by atoms with Crippen LogP contribution in [0.2, 0.25) is 0 Å². The summed E-state index contributed by atoms with van der Waals surface area (Å²) < 4.78 is 0. The third kappa shape index (κ3) is 2.56. The maximum Gasteiger partial charge on any atom is 0.317 e. The minimum Gasteiger partial charge on any atom is -0.337 e. The second kappa shape index (κ2) is 5.80. The molecule has 4 rings (SSSR count). The van der Waals surface area contributed by atoms with Crippen LogP contribution in [0.15, 0.2) is 30.3 Å². The van der Waals surface area contributed by atoms with Gasteiger partial charge in [0.2, 0.25) is 5.91 Å². The van der Waals surface area contributed by atoms with Gasteiger partial charge in [0.1, 0.15) is 0 Å². The van der Waals surface area contributed by atoms with Crippen molar-refractivity contribution in [1.29, 1.82) is 0 Å². The van der Waals surface area contributed by atoms with Crippen LogP contribution in [-0.4, -0.2) is 53.5 Å². The van der Waals surface area contributed by atoms with E-state index >= 15 is 0 Å². The number of piperidine rings is 1. The maximum atomic E-state index is 12.5. The first-order chi connectivity index (χ1) is 11.6. The number of likely N-dealkylation sites (tertiary alicyclic amines) is 2. The van der Waals surface area contributed by atoms with Gasteiger partial charge in [0, 0.05) is 38.0 Å². The lowest BCUT2D eigenvalue weighted by Gasteiger charge is -2.46. The third-order valence-electron chi connectivity index (χ3n) is 5.98. The molecule has 1 aromatic carbocycles. The number of nitrogens with one attached hydrogen (secondary N) is 1. The van der Waals surface area contributed by atoms with Crippen molar-refractivity contribution in [3.8, 4) is 0 Å². The monoisotopic (exact) mass is 327 g/mol. The van der Waals surface area contributed by atoms with E-state index in [2.05, 4.69) is 29.6 Å². The van der Waals surface area contributed by atoms with Crippen molar-refractivity contribution in [2.45, 2.75) is 50.1 Å². The Hall–Kier alpha value is -2.04. The summed E-state index contributed by atoms with van der Waals surface area (Å²) >= 11 is 0. The summed E-state index contributed by atoms with van der Waals surface area (Å²) in [6.07, 6.45) is 4.09. The quantitative estimate of drug-likeness (QED) is 0.905. The number of fused-ring (bicyclic) bond motifs is 1. The number of nitrogens with zero attached hydrogens (tertiary/aromatic N) is 2. The van der Waals surface area contributed by atoms with E-state index in [4.69, 9.17) is 0 Å². The predicted molar refractivity (Wildman–Crippen MR) is 91.7 cm³/mol. The van der Waals surface area contributed by atoms with E-state index < -0.39 is 0 Å². The van der Waals surface area contributed by atoms with Crippen LogP contribution in [0.3, 0.4) is 0 Å². The van der Waals surface area contributed by atoms with Crippen molar-refractivity contribution in [2.24, 2.45) is 0 Å². The Morgan fingerprint density at radius 2 is 1.83 bits per heavy atom. The van der Waals surface area contributed by atoms with Crippen molar-refractivity contribution in [2.75, 3.05) is 19.6 Å². The molecule has 2 aliphatic heterocycles. The summed E-state index contributed by atoms with van der Waals surface area (Å²) in [6.45, 7) is 3.82. The Morgan fingerprint density at radius 3 is 2.50 bits per heavy atom. The summed E-state index contributed by atoms with van der Waals surface area (Å²) in [6, 6.07) is 11.0. The van der Waals surface area contributed by atoms with E-state index in [9.17, 15) is 9.59 Å². The molecule has 2 saturated heterocycles. The molecule has 3 aliphatic rings. The molecule has 1 aromatic rings. The van der Waals surface area contributed by atoms with Crippen molar-refractivity contribution >= 4 is 11.9 Å². The molecule has 3 amide bonds. The molecule has 3 fully saturated rings. The molecule has 128 valence electrons. The molecule has 5 nitrogen and oxygen atoms in total. The molecule has 0 radical (unpaired) electrons. The summed E-state index contributed by atoms with van der Waals surface area (Å²) in [5.41, 5.74) is 1.30. The normalized spacial score (nSPS) is 29.3. The van der Waals surface area contributed by atoms with Gasteiger partial charge in [0.15, 0.2) is 0 Å². The molecule has 0 aromatic heterocycles. The van der Waals surface area contributed by atoms with Crippen molar-refractivity contribution in [3.63, 3.8) is 0 Å². The summed E-state index contributed by atoms with van der Waals surface area (Å²) in [4.78, 5) is 28.5. The van der Waals surface area contributed by atoms with Crippen LogP contribution in [-0.2, 0) is 10.2 Å². The molecular formula is C19H25N3O2. The van der Waals surface area contributed by atoms with Gasteiger partial charge in [-0.1, -0.05) is 30.3 Å². The number of hydrogen-bond acceptors (Lipinski definition) is 2. The van der Waals surface area contributed by atoms with Crippen molar-refractivity contribution in [3.05, 3.63) is 35.9 Å². The van der Waals surface area contributed by atoms with Gasteiger partial charge >= 0.3 is 6.03 Å². The highest BCUT2D eigenvalue weighted by Gasteiger charge is 2.52. The number of amides is 3. The zero-order valence-corrected chi connectivity index (χ0v) is 14.2. The fraction of sp³-hybridized carbons (Fsp3) is 0.579. The molecule has 1 saturated carbocycles. The highest BCUT2D eigenvalue weighted by molar-refractivity contribution is 5.77. The van der Waals surface area contributed by atoms with E-state index in [1.54, 1.807) is 6.92 Å². The number of carbonyl (C=O) groups is 2. The fourth-order valence-corrected chi connectivity index (χ4v) is 4.45. The summed E-state index contributed by atoms with van der Waals surface area (Å²) in [5.74, 6) is 0.113. The van der Waals surface area contributed by atoms with Crippen LogP contribution >= 0.6 is 0 Å². The van der Waals surface area contributed by atoms with Gasteiger partial charge in [-0.05, 0) is 31.2 Å². The summed E-state index contributed by atoms with van der Waals surface area (Å²) in [7, 11) is 0. The molecule has 1 aliphatic carbocycles. The van der Waals surface area contributed by atoms with Crippen LogP contribution in [0.1, 0.15) is 38.2 Å². The second-order valence-corrected chi connectivity index (χ2v) is 7.42. The van der Waals surface area contributed by atoms with E-state index in [-0.39, 0.29) is 23.4 Å². The predicted octanol–water partition coefficient (Wildman–Crippen LogP) is 2.12. The Morgan fingerprint density at radius 1 is 1.12 bits per heavy atom. The van der Waals surface area contributed by atoms with Gasteiger partial charge < -0.3 is 15.1 Å². The number of carbonyl (C=O) groups excluding carboxylic acids is 2. The van der Waals surface area contributed by atoms with E-state index in [1.807, 2.05) is 15.9 Å². The third-order valence-corrected chi connectivity index (χ3v) is 5.98. The van der Waals surface area contributed by atoms with E-state index in [0.29, 0.717) is 12.6 Å². The van der Waals surface area contributed by atoms with Crippen LogP contribution in [0, 0.1) is 0 Å². The molecule has 0 spiro atoms. The van der Waals surface area contributed by atoms with Gasteiger partial charge in [0.05, 0.1) is 6.04 Å². The minimum atomic E-state index is -0.0106. The Labute approximate surface area is 143 Å². The molecule has 2 heterocycles. The number of urea groups is 1. The number of benzene rings is 1. The average Bonchev–Trinajstić information content (AvgIpc) is 3.31. The highest BCUT2D eigenvalue weighted by Crippen LogP contribution is 2.45. The zero-order chi connectivity index (χ0) is 16.7. The average molecular weight is 327 g/mol. The van der Waals surface area contributed by atoms with Crippen molar-refractivity contribution < 1.29 is 9.59 Å². The van der Waals surface area contributed by atoms with Crippen molar-refractivity contribution in [1.82, 2.24) is 15.1 Å². The second-order valence-electron chi connectivity index (χ2n) is 7.42. The smallest absolute Gasteiger partial charge is 0.317 e. The first-order valence-corrected chi connectivity index (χ1v) is 8.98. The lowest BCUT2D eigenvalue weighted by molar-refractivity contribution is -0.130. The lowest BCUT2D eigenvalue weighted by atomic mass is 9.69.